The van der Waals surface area contributed by atoms with Crippen molar-refractivity contribution in [3.63, 3.8) is 0 Å². The van der Waals surface area contributed by atoms with E-state index in [1.54, 1.807) is 0 Å². The van der Waals surface area contributed by atoms with E-state index < -0.39 is 22.0 Å². The van der Waals surface area contributed by atoms with Gasteiger partial charge >= 0.3 is 5.97 Å². The molecular weight excluding hydrogens is 304 g/mol. The summed E-state index contributed by atoms with van der Waals surface area (Å²) in [6.07, 6.45) is 3.16. The summed E-state index contributed by atoms with van der Waals surface area (Å²) in [5, 5.41) is 8.81. The first kappa shape index (κ1) is 16.9. The lowest BCUT2D eigenvalue weighted by molar-refractivity contribution is -0.138. The number of rotatable bonds is 5. The zero-order valence-electron chi connectivity index (χ0n) is 12.6. The second kappa shape index (κ2) is 6.76. The highest BCUT2D eigenvalue weighted by atomic mass is 32.2. The molecule has 1 fully saturated rings. The molecule has 0 radical (unpaired) electrons. The van der Waals surface area contributed by atoms with Gasteiger partial charge in [-0.1, -0.05) is 24.3 Å². The van der Waals surface area contributed by atoms with E-state index in [0.717, 1.165) is 18.4 Å². The number of sulfonamides is 1. The Morgan fingerprint density at radius 2 is 1.86 bits per heavy atom. The second-order valence-electron chi connectivity index (χ2n) is 5.83. The smallest absolute Gasteiger partial charge is 0.320 e. The Morgan fingerprint density at radius 3 is 2.32 bits per heavy atom. The van der Waals surface area contributed by atoms with Gasteiger partial charge in [0, 0.05) is 13.1 Å². The molecule has 0 unspecified atom stereocenters. The van der Waals surface area contributed by atoms with E-state index >= 15 is 0 Å². The van der Waals surface area contributed by atoms with Crippen LogP contribution in [0.2, 0.25) is 0 Å². The van der Waals surface area contributed by atoms with E-state index in [9.17, 15) is 13.2 Å². The number of aliphatic carboxylic acids is 1. The first-order chi connectivity index (χ1) is 10.3. The molecule has 1 aliphatic heterocycles. The molecule has 7 heteroatoms. The zero-order valence-corrected chi connectivity index (χ0v) is 13.4. The Balaban J connectivity index is 1.96. The monoisotopic (exact) mass is 326 g/mol. The molecule has 3 N–H and O–H groups in total. The van der Waals surface area contributed by atoms with Crippen LogP contribution in [0.15, 0.2) is 24.3 Å². The van der Waals surface area contributed by atoms with Gasteiger partial charge in [-0.25, -0.2) is 12.7 Å². The molecule has 0 saturated carbocycles. The van der Waals surface area contributed by atoms with Gasteiger partial charge in [-0.15, -0.1) is 0 Å². The normalized spacial score (nSPS) is 19.0. The molecule has 22 heavy (non-hydrogen) atoms. The van der Waals surface area contributed by atoms with Crippen LogP contribution in [0, 0.1) is 0 Å². The first-order valence-electron chi connectivity index (χ1n) is 7.29. The highest BCUT2D eigenvalue weighted by Gasteiger charge is 2.25. The minimum atomic E-state index is -3.10. The Labute approximate surface area is 131 Å². The summed E-state index contributed by atoms with van der Waals surface area (Å²) >= 11 is 0. The van der Waals surface area contributed by atoms with Crippen molar-refractivity contribution in [3.8, 4) is 0 Å². The molecule has 1 atom stereocenters. The van der Waals surface area contributed by atoms with Crippen molar-refractivity contribution in [1.82, 2.24) is 4.31 Å². The summed E-state index contributed by atoms with van der Waals surface area (Å²) in [5.74, 6) is -0.655. The fourth-order valence-corrected chi connectivity index (χ4v) is 3.66. The van der Waals surface area contributed by atoms with Gasteiger partial charge in [-0.05, 0) is 36.3 Å². The molecule has 122 valence electrons. The summed E-state index contributed by atoms with van der Waals surface area (Å²) in [4.78, 5) is 10.8. The van der Waals surface area contributed by atoms with Crippen LogP contribution in [0.1, 0.15) is 29.9 Å². The number of benzene rings is 1. The molecule has 0 aromatic heterocycles. The maximum Gasteiger partial charge on any atom is 0.320 e. The van der Waals surface area contributed by atoms with Crippen molar-refractivity contribution in [1.29, 1.82) is 0 Å². The third-order valence-electron chi connectivity index (χ3n) is 4.15. The van der Waals surface area contributed by atoms with E-state index in [4.69, 9.17) is 10.8 Å². The van der Waals surface area contributed by atoms with Crippen LogP contribution in [0.4, 0.5) is 0 Å². The van der Waals surface area contributed by atoms with E-state index in [2.05, 4.69) is 0 Å². The van der Waals surface area contributed by atoms with Gasteiger partial charge in [-0.2, -0.15) is 0 Å². The third-order valence-corrected chi connectivity index (χ3v) is 5.45. The SMILES string of the molecule is CS(=O)(=O)N1CCC(c2ccc(C[C@H](N)C(=O)O)cc2)CC1. The lowest BCUT2D eigenvalue weighted by atomic mass is 9.89. The minimum Gasteiger partial charge on any atom is -0.480 e. The van der Waals surface area contributed by atoms with Gasteiger partial charge in [0.1, 0.15) is 6.04 Å². The molecule has 1 heterocycles. The van der Waals surface area contributed by atoms with Crippen LogP contribution in [0.5, 0.6) is 0 Å². The molecule has 1 aromatic carbocycles. The van der Waals surface area contributed by atoms with E-state index in [0.29, 0.717) is 25.4 Å². The average Bonchev–Trinajstić information content (AvgIpc) is 2.47. The number of piperidine rings is 1. The fourth-order valence-electron chi connectivity index (χ4n) is 2.79. The average molecular weight is 326 g/mol. The third kappa shape index (κ3) is 4.28. The van der Waals surface area contributed by atoms with Crippen LogP contribution in [0.3, 0.4) is 0 Å². The number of carbonyl (C=O) groups is 1. The number of carboxylic acids is 1. The molecule has 2 rings (SSSR count). The Kier molecular flexibility index (Phi) is 5.20. The maximum atomic E-state index is 11.5. The van der Waals surface area contributed by atoms with Crippen molar-refractivity contribution < 1.29 is 18.3 Å². The van der Waals surface area contributed by atoms with Gasteiger partial charge in [0.15, 0.2) is 0 Å². The lowest BCUT2D eigenvalue weighted by Gasteiger charge is -2.30. The maximum absolute atomic E-state index is 11.5. The summed E-state index contributed by atoms with van der Waals surface area (Å²) in [7, 11) is -3.10. The Morgan fingerprint density at radius 1 is 1.32 bits per heavy atom. The summed E-state index contributed by atoms with van der Waals surface area (Å²) in [5.41, 5.74) is 7.59. The minimum absolute atomic E-state index is 0.308. The lowest BCUT2D eigenvalue weighted by Crippen LogP contribution is -2.37. The van der Waals surface area contributed by atoms with Crippen molar-refractivity contribution in [2.24, 2.45) is 5.73 Å². The predicted octanol–water partition coefficient (Wildman–Crippen LogP) is 0.780. The van der Waals surface area contributed by atoms with Gasteiger partial charge in [0.25, 0.3) is 0 Å². The van der Waals surface area contributed by atoms with Crippen molar-refractivity contribution in [3.05, 3.63) is 35.4 Å². The quantitative estimate of drug-likeness (QED) is 0.833. The van der Waals surface area contributed by atoms with E-state index in [1.807, 2.05) is 24.3 Å². The predicted molar refractivity (Wildman–Crippen MR) is 84.1 cm³/mol. The van der Waals surface area contributed by atoms with Crippen LogP contribution < -0.4 is 5.73 Å². The van der Waals surface area contributed by atoms with Crippen molar-refractivity contribution in [2.45, 2.75) is 31.2 Å². The number of hydrogen-bond donors (Lipinski definition) is 2. The highest BCUT2D eigenvalue weighted by molar-refractivity contribution is 7.88. The summed E-state index contributed by atoms with van der Waals surface area (Å²) in [6.45, 7) is 1.10. The van der Waals surface area contributed by atoms with E-state index in [-0.39, 0.29) is 0 Å². The molecule has 0 amide bonds. The Bertz CT molecular complexity index is 619. The van der Waals surface area contributed by atoms with Crippen LogP contribution in [-0.4, -0.2) is 49.2 Å². The van der Waals surface area contributed by atoms with Crippen LogP contribution in [0.25, 0.3) is 0 Å². The number of carboxylic acid groups (broad SMARTS) is 1. The summed E-state index contributed by atoms with van der Waals surface area (Å²) in [6, 6.07) is 6.90. The van der Waals surface area contributed by atoms with Gasteiger partial charge < -0.3 is 10.8 Å². The van der Waals surface area contributed by atoms with Crippen molar-refractivity contribution >= 4 is 16.0 Å². The van der Waals surface area contributed by atoms with E-state index in [1.165, 1.54) is 16.1 Å². The van der Waals surface area contributed by atoms with Crippen LogP contribution in [-0.2, 0) is 21.2 Å². The number of hydrogen-bond acceptors (Lipinski definition) is 4. The highest BCUT2D eigenvalue weighted by Crippen LogP contribution is 2.29. The molecule has 0 spiro atoms. The van der Waals surface area contributed by atoms with Crippen molar-refractivity contribution in [2.75, 3.05) is 19.3 Å². The van der Waals surface area contributed by atoms with Gasteiger partial charge in [0.05, 0.1) is 6.26 Å². The standard InChI is InChI=1S/C15H22N2O4S/c1-22(20,21)17-8-6-13(7-9-17)12-4-2-11(3-5-12)10-14(16)15(18)19/h2-5,13-14H,6-10,16H2,1H3,(H,18,19)/t14-/m0/s1. The summed E-state index contributed by atoms with van der Waals surface area (Å²) < 4.78 is 24.5. The fraction of sp³-hybridized carbons (Fsp3) is 0.533. The van der Waals surface area contributed by atoms with Crippen LogP contribution >= 0.6 is 0 Å². The number of nitrogens with zero attached hydrogens (tertiary/aromatic N) is 1. The number of nitrogens with two attached hydrogens (primary N) is 1. The second-order valence-corrected chi connectivity index (χ2v) is 7.81. The Hall–Kier alpha value is -1.44. The topological polar surface area (TPSA) is 101 Å². The first-order valence-corrected chi connectivity index (χ1v) is 9.14. The molecule has 0 bridgehead atoms. The molecule has 0 aliphatic carbocycles. The molecule has 1 aromatic rings. The van der Waals surface area contributed by atoms with Gasteiger partial charge in [0.2, 0.25) is 10.0 Å². The zero-order chi connectivity index (χ0) is 16.3. The largest absolute Gasteiger partial charge is 0.480 e. The molecular formula is C15H22N2O4S. The molecule has 1 saturated heterocycles. The van der Waals surface area contributed by atoms with Gasteiger partial charge in [-0.3, -0.25) is 4.79 Å². The molecule has 6 nitrogen and oxygen atoms in total. The molecule has 1 aliphatic rings.